The fraction of sp³-hybridized carbons (Fsp3) is 0.227. The second-order valence-electron chi connectivity index (χ2n) is 6.77. The van der Waals surface area contributed by atoms with E-state index < -0.39 is 17.8 Å². The van der Waals surface area contributed by atoms with E-state index in [2.05, 4.69) is 28.9 Å². The number of halogens is 1. The fourth-order valence-electron chi connectivity index (χ4n) is 2.90. The summed E-state index contributed by atoms with van der Waals surface area (Å²) in [5.41, 5.74) is 3.79. The van der Waals surface area contributed by atoms with Crippen molar-refractivity contribution in [2.24, 2.45) is 0 Å². The Labute approximate surface area is 182 Å². The minimum Gasteiger partial charge on any atom is -0.490 e. The van der Waals surface area contributed by atoms with Crippen LogP contribution in [0.4, 0.5) is 4.79 Å². The van der Waals surface area contributed by atoms with Gasteiger partial charge in [0.15, 0.2) is 11.5 Å². The molecule has 0 aliphatic carbocycles. The van der Waals surface area contributed by atoms with Gasteiger partial charge in [0.25, 0.3) is 11.8 Å². The molecule has 1 aliphatic rings. The molecule has 0 aromatic heterocycles. The standard InChI is InChI=1S/C22H21BrN2O5/c1-4-29-18-10-15(8-16-20(26)24-22(28)25-21(16)27)9-17(23)19(18)30-11-14-6-5-12(2)13(3)7-14/h5-10H,4,11H2,1-3H3,(H2,24,25,26,27,28). The Morgan fingerprint density at radius 3 is 2.30 bits per heavy atom. The Morgan fingerprint density at radius 1 is 0.967 bits per heavy atom. The van der Waals surface area contributed by atoms with E-state index in [-0.39, 0.29) is 5.57 Å². The Bertz CT molecular complexity index is 1040. The van der Waals surface area contributed by atoms with Gasteiger partial charge < -0.3 is 9.47 Å². The minimum absolute atomic E-state index is 0.173. The third-order valence-electron chi connectivity index (χ3n) is 4.54. The Hall–Kier alpha value is -3.13. The first-order chi connectivity index (χ1) is 14.3. The molecule has 4 amide bonds. The zero-order chi connectivity index (χ0) is 21.8. The van der Waals surface area contributed by atoms with Gasteiger partial charge in [0.05, 0.1) is 11.1 Å². The number of nitrogens with one attached hydrogen (secondary N) is 2. The molecule has 156 valence electrons. The first kappa shape index (κ1) is 21.6. The third-order valence-corrected chi connectivity index (χ3v) is 5.13. The normalized spacial score (nSPS) is 13.6. The van der Waals surface area contributed by atoms with Crippen molar-refractivity contribution in [2.75, 3.05) is 6.61 Å². The van der Waals surface area contributed by atoms with E-state index in [1.807, 2.05) is 36.6 Å². The van der Waals surface area contributed by atoms with Crippen molar-refractivity contribution in [1.29, 1.82) is 0 Å². The van der Waals surface area contributed by atoms with E-state index in [4.69, 9.17) is 9.47 Å². The number of amides is 4. The van der Waals surface area contributed by atoms with Crippen LogP contribution in [0.5, 0.6) is 11.5 Å². The number of hydrogen-bond donors (Lipinski definition) is 2. The number of hydrogen-bond acceptors (Lipinski definition) is 5. The lowest BCUT2D eigenvalue weighted by atomic mass is 10.1. The zero-order valence-corrected chi connectivity index (χ0v) is 18.4. The van der Waals surface area contributed by atoms with Crippen LogP contribution in [0.3, 0.4) is 0 Å². The molecule has 1 saturated heterocycles. The second kappa shape index (κ2) is 9.13. The van der Waals surface area contributed by atoms with E-state index >= 15 is 0 Å². The maximum Gasteiger partial charge on any atom is 0.328 e. The van der Waals surface area contributed by atoms with Gasteiger partial charge in [0, 0.05) is 0 Å². The van der Waals surface area contributed by atoms with Gasteiger partial charge in [-0.2, -0.15) is 0 Å². The molecule has 30 heavy (non-hydrogen) atoms. The molecule has 0 spiro atoms. The number of ether oxygens (including phenoxy) is 2. The number of barbiturate groups is 1. The predicted molar refractivity (Wildman–Crippen MR) is 115 cm³/mol. The summed E-state index contributed by atoms with van der Waals surface area (Å²) in [4.78, 5) is 35.1. The molecule has 2 aromatic carbocycles. The summed E-state index contributed by atoms with van der Waals surface area (Å²) < 4.78 is 12.3. The minimum atomic E-state index is -0.839. The lowest BCUT2D eigenvalue weighted by Gasteiger charge is -2.16. The molecule has 0 radical (unpaired) electrons. The molecule has 0 atom stereocenters. The van der Waals surface area contributed by atoms with Crippen molar-refractivity contribution in [1.82, 2.24) is 10.6 Å². The predicted octanol–water partition coefficient (Wildman–Crippen LogP) is 3.79. The van der Waals surface area contributed by atoms with Crippen molar-refractivity contribution >= 4 is 39.9 Å². The molecule has 0 saturated carbocycles. The second-order valence-corrected chi connectivity index (χ2v) is 7.62. The molecule has 2 aromatic rings. The van der Waals surface area contributed by atoms with Crippen molar-refractivity contribution < 1.29 is 23.9 Å². The number of carbonyl (C=O) groups is 3. The zero-order valence-electron chi connectivity index (χ0n) is 16.8. The monoisotopic (exact) mass is 472 g/mol. The van der Waals surface area contributed by atoms with E-state index in [1.165, 1.54) is 17.2 Å². The van der Waals surface area contributed by atoms with Gasteiger partial charge in [-0.15, -0.1) is 0 Å². The Morgan fingerprint density at radius 2 is 1.67 bits per heavy atom. The highest BCUT2D eigenvalue weighted by atomic mass is 79.9. The summed E-state index contributed by atoms with van der Waals surface area (Å²) in [5, 5.41) is 4.09. The number of carbonyl (C=O) groups excluding carboxylic acids is 3. The van der Waals surface area contributed by atoms with Gasteiger partial charge in [-0.25, -0.2) is 4.79 Å². The SMILES string of the molecule is CCOc1cc(C=C2C(=O)NC(=O)NC2=O)cc(Br)c1OCc1ccc(C)c(C)c1. The molecule has 7 nitrogen and oxygen atoms in total. The van der Waals surface area contributed by atoms with E-state index in [0.717, 1.165) is 5.56 Å². The highest BCUT2D eigenvalue weighted by Gasteiger charge is 2.28. The molecule has 0 unspecified atom stereocenters. The molecule has 8 heteroatoms. The molecule has 3 rings (SSSR count). The average molecular weight is 473 g/mol. The largest absolute Gasteiger partial charge is 0.490 e. The quantitative estimate of drug-likeness (QED) is 0.492. The summed E-state index contributed by atoms with van der Waals surface area (Å²) in [6, 6.07) is 8.68. The van der Waals surface area contributed by atoms with Crippen LogP contribution in [-0.4, -0.2) is 24.5 Å². The van der Waals surface area contributed by atoms with Gasteiger partial charge in [-0.3, -0.25) is 20.2 Å². The Balaban J connectivity index is 1.89. The Kier molecular flexibility index (Phi) is 6.56. The summed E-state index contributed by atoms with van der Waals surface area (Å²) in [5.74, 6) is -0.527. The third kappa shape index (κ3) is 4.88. The van der Waals surface area contributed by atoms with Gasteiger partial charge in [-0.1, -0.05) is 18.2 Å². The number of imide groups is 2. The van der Waals surface area contributed by atoms with Crippen molar-refractivity contribution in [3.05, 3.63) is 62.6 Å². The van der Waals surface area contributed by atoms with Crippen LogP contribution >= 0.6 is 15.9 Å². The number of benzene rings is 2. The van der Waals surface area contributed by atoms with Gasteiger partial charge >= 0.3 is 6.03 Å². The highest BCUT2D eigenvalue weighted by Crippen LogP contribution is 2.38. The highest BCUT2D eigenvalue weighted by molar-refractivity contribution is 9.10. The van der Waals surface area contributed by atoms with Crippen LogP contribution in [0.1, 0.15) is 29.2 Å². The summed E-state index contributed by atoms with van der Waals surface area (Å²) in [6.45, 7) is 6.71. The number of rotatable bonds is 6. The van der Waals surface area contributed by atoms with Crippen molar-refractivity contribution in [2.45, 2.75) is 27.4 Å². The van der Waals surface area contributed by atoms with Gasteiger partial charge in [0.1, 0.15) is 12.2 Å². The van der Waals surface area contributed by atoms with Crippen LogP contribution in [0, 0.1) is 13.8 Å². The van der Waals surface area contributed by atoms with Gasteiger partial charge in [0.2, 0.25) is 0 Å². The lowest BCUT2D eigenvalue weighted by Crippen LogP contribution is -2.51. The maximum atomic E-state index is 12.0. The van der Waals surface area contributed by atoms with Crippen LogP contribution in [-0.2, 0) is 16.2 Å². The van der Waals surface area contributed by atoms with Crippen LogP contribution < -0.4 is 20.1 Å². The van der Waals surface area contributed by atoms with Crippen molar-refractivity contribution in [3.8, 4) is 11.5 Å². The van der Waals surface area contributed by atoms with E-state index in [0.29, 0.717) is 34.7 Å². The molecule has 2 N–H and O–H groups in total. The summed E-state index contributed by atoms with van der Waals surface area (Å²) >= 11 is 3.48. The first-order valence-electron chi connectivity index (χ1n) is 9.32. The fourth-order valence-corrected chi connectivity index (χ4v) is 3.47. The lowest BCUT2D eigenvalue weighted by molar-refractivity contribution is -0.123. The van der Waals surface area contributed by atoms with Gasteiger partial charge in [-0.05, 0) is 77.2 Å². The smallest absolute Gasteiger partial charge is 0.328 e. The summed E-state index contributed by atoms with van der Waals surface area (Å²) in [6.07, 6.45) is 1.39. The molecule has 1 aliphatic heterocycles. The number of aryl methyl sites for hydroxylation is 2. The molecular formula is C22H21BrN2O5. The van der Waals surface area contributed by atoms with E-state index in [9.17, 15) is 14.4 Å². The van der Waals surface area contributed by atoms with Crippen LogP contribution in [0.2, 0.25) is 0 Å². The molecule has 1 heterocycles. The summed E-state index contributed by atoms with van der Waals surface area (Å²) in [7, 11) is 0. The van der Waals surface area contributed by atoms with Crippen LogP contribution in [0.25, 0.3) is 6.08 Å². The molecule has 1 fully saturated rings. The topological polar surface area (TPSA) is 93.7 Å². The van der Waals surface area contributed by atoms with Crippen molar-refractivity contribution in [3.63, 3.8) is 0 Å². The first-order valence-corrected chi connectivity index (χ1v) is 10.1. The molecular weight excluding hydrogens is 452 g/mol. The molecule has 0 bridgehead atoms. The van der Waals surface area contributed by atoms with Crippen LogP contribution in [0.15, 0.2) is 40.4 Å². The average Bonchev–Trinajstić information content (AvgIpc) is 2.67. The number of urea groups is 1. The van der Waals surface area contributed by atoms with E-state index in [1.54, 1.807) is 12.1 Å². The maximum absolute atomic E-state index is 12.0.